The van der Waals surface area contributed by atoms with Gasteiger partial charge in [-0.25, -0.2) is 0 Å². The molecule has 0 spiro atoms. The number of rotatable bonds is 11. The van der Waals surface area contributed by atoms with Crippen molar-refractivity contribution in [3.05, 3.63) is 48.3 Å². The molecule has 2 aromatic rings. The van der Waals surface area contributed by atoms with Crippen molar-refractivity contribution in [3.63, 3.8) is 0 Å². The molecule has 1 unspecified atom stereocenters. The van der Waals surface area contributed by atoms with Crippen molar-refractivity contribution in [2.24, 2.45) is 0 Å². The zero-order chi connectivity index (χ0) is 20.4. The van der Waals surface area contributed by atoms with Crippen LogP contribution >= 0.6 is 0 Å². The van der Waals surface area contributed by atoms with E-state index in [-0.39, 0.29) is 12.1 Å². The van der Waals surface area contributed by atoms with E-state index in [1.165, 1.54) is 0 Å². The predicted molar refractivity (Wildman–Crippen MR) is 110 cm³/mol. The van der Waals surface area contributed by atoms with Crippen LogP contribution in [0.15, 0.2) is 42.7 Å². The van der Waals surface area contributed by atoms with Crippen LogP contribution in [-0.2, 0) is 9.53 Å². The Morgan fingerprint density at radius 3 is 2.46 bits per heavy atom. The molecule has 0 radical (unpaired) electrons. The fraction of sp³-hybridized carbons (Fsp3) is 0.455. The number of hydrogen-bond donors (Lipinski definition) is 0. The molecular weight excluding hydrogens is 356 g/mol. The summed E-state index contributed by atoms with van der Waals surface area (Å²) in [4.78, 5) is 17.6. The van der Waals surface area contributed by atoms with E-state index in [1.807, 2.05) is 50.6 Å². The van der Waals surface area contributed by atoms with Crippen LogP contribution in [-0.4, -0.2) is 38.3 Å². The number of pyridine rings is 1. The van der Waals surface area contributed by atoms with Crippen LogP contribution in [0.2, 0.25) is 0 Å². The fourth-order valence-corrected chi connectivity index (χ4v) is 2.84. The monoisotopic (exact) mass is 386 g/mol. The Hall–Kier alpha value is -2.76. The van der Waals surface area contributed by atoms with Crippen molar-refractivity contribution in [1.29, 1.82) is 0 Å². The van der Waals surface area contributed by atoms with Gasteiger partial charge in [0.1, 0.15) is 17.6 Å². The van der Waals surface area contributed by atoms with E-state index >= 15 is 0 Å². The van der Waals surface area contributed by atoms with Crippen molar-refractivity contribution in [2.75, 3.05) is 32.2 Å². The average Bonchev–Trinajstić information content (AvgIpc) is 2.70. The van der Waals surface area contributed by atoms with Crippen LogP contribution in [0.4, 0.5) is 5.69 Å². The second-order valence-corrected chi connectivity index (χ2v) is 6.57. The number of aromatic nitrogens is 1. The maximum absolute atomic E-state index is 11.3. The second kappa shape index (κ2) is 11.2. The van der Waals surface area contributed by atoms with Crippen LogP contribution < -0.4 is 14.4 Å². The molecule has 0 saturated heterocycles. The predicted octanol–water partition coefficient (Wildman–Crippen LogP) is 4.40. The molecule has 0 aliphatic rings. The molecule has 0 amide bonds. The van der Waals surface area contributed by atoms with Crippen LogP contribution in [0, 0.1) is 0 Å². The number of carbonyl (C=O) groups excluding carboxylic acids is 1. The van der Waals surface area contributed by atoms with E-state index < -0.39 is 0 Å². The van der Waals surface area contributed by atoms with Gasteiger partial charge in [0, 0.05) is 44.2 Å². The molecule has 0 bridgehead atoms. The molecule has 28 heavy (non-hydrogen) atoms. The molecule has 1 heterocycles. The van der Waals surface area contributed by atoms with E-state index in [2.05, 4.69) is 16.8 Å². The zero-order valence-corrected chi connectivity index (χ0v) is 17.2. The van der Waals surface area contributed by atoms with Crippen molar-refractivity contribution in [3.8, 4) is 11.5 Å². The number of ether oxygens (including phenoxy) is 3. The normalized spacial score (nSPS) is 11.6. The summed E-state index contributed by atoms with van der Waals surface area (Å²) in [5.41, 5.74) is 2.16. The van der Waals surface area contributed by atoms with Gasteiger partial charge < -0.3 is 19.1 Å². The molecule has 1 atom stereocenters. The highest BCUT2D eigenvalue weighted by Crippen LogP contribution is 2.31. The molecule has 0 fully saturated rings. The number of nitrogens with zero attached hydrogens (tertiary/aromatic N) is 2. The lowest BCUT2D eigenvalue weighted by Crippen LogP contribution is -2.16. The summed E-state index contributed by atoms with van der Waals surface area (Å²) in [5.74, 6) is 1.34. The third-order valence-corrected chi connectivity index (χ3v) is 4.23. The summed E-state index contributed by atoms with van der Waals surface area (Å²) < 4.78 is 16.8. The average molecular weight is 386 g/mol. The summed E-state index contributed by atoms with van der Waals surface area (Å²) in [6, 6.07) is 9.55. The summed E-state index contributed by atoms with van der Waals surface area (Å²) in [5, 5.41) is 0. The van der Waals surface area contributed by atoms with Gasteiger partial charge in [0.05, 0.1) is 13.2 Å². The maximum atomic E-state index is 11.3. The first-order chi connectivity index (χ1) is 13.5. The van der Waals surface area contributed by atoms with Crippen LogP contribution in [0.1, 0.15) is 44.8 Å². The van der Waals surface area contributed by atoms with Crippen LogP contribution in [0.25, 0.3) is 0 Å². The van der Waals surface area contributed by atoms with Crippen molar-refractivity contribution < 1.29 is 19.0 Å². The van der Waals surface area contributed by atoms with Crippen molar-refractivity contribution in [1.82, 2.24) is 4.98 Å². The number of benzene rings is 1. The summed E-state index contributed by atoms with van der Waals surface area (Å²) in [7, 11) is 4.03. The Morgan fingerprint density at radius 1 is 1.11 bits per heavy atom. The number of esters is 1. The fourth-order valence-electron chi connectivity index (χ4n) is 2.84. The van der Waals surface area contributed by atoms with Gasteiger partial charge in [-0.2, -0.15) is 0 Å². The highest BCUT2D eigenvalue weighted by atomic mass is 16.5. The lowest BCUT2D eigenvalue weighted by Gasteiger charge is -2.23. The van der Waals surface area contributed by atoms with Crippen molar-refractivity contribution in [2.45, 2.75) is 39.2 Å². The molecule has 0 aliphatic heterocycles. The lowest BCUT2D eigenvalue weighted by atomic mass is 10.1. The topological polar surface area (TPSA) is 60.9 Å². The standard InChI is InChI=1S/C22H30N2O4/c1-5-21(19-16-23-14-13-20(19)24(3)4)28-18-11-9-17(10-12-18)27-15-7-8-22(25)26-6-2/h9-14,16,21H,5-8,15H2,1-4H3. The minimum absolute atomic E-state index is 0.0811. The Morgan fingerprint density at radius 2 is 1.82 bits per heavy atom. The quantitative estimate of drug-likeness (QED) is 0.421. The third kappa shape index (κ3) is 6.44. The molecule has 0 N–H and O–H groups in total. The molecule has 152 valence electrons. The molecule has 6 nitrogen and oxygen atoms in total. The minimum Gasteiger partial charge on any atom is -0.494 e. The Balaban J connectivity index is 1.91. The number of anilines is 1. The molecule has 1 aromatic heterocycles. The molecule has 1 aromatic carbocycles. The van der Waals surface area contributed by atoms with E-state index in [9.17, 15) is 4.79 Å². The van der Waals surface area contributed by atoms with Gasteiger partial charge >= 0.3 is 5.97 Å². The lowest BCUT2D eigenvalue weighted by molar-refractivity contribution is -0.143. The zero-order valence-electron chi connectivity index (χ0n) is 17.2. The molecule has 0 saturated carbocycles. The Bertz CT molecular complexity index is 732. The number of carbonyl (C=O) groups is 1. The van der Waals surface area contributed by atoms with Gasteiger partial charge in [-0.3, -0.25) is 9.78 Å². The van der Waals surface area contributed by atoms with E-state index in [1.54, 1.807) is 13.1 Å². The van der Waals surface area contributed by atoms with Crippen LogP contribution in [0.5, 0.6) is 11.5 Å². The largest absolute Gasteiger partial charge is 0.494 e. The molecule has 0 aliphatic carbocycles. The third-order valence-electron chi connectivity index (χ3n) is 4.23. The molecular formula is C22H30N2O4. The highest BCUT2D eigenvalue weighted by Gasteiger charge is 2.17. The summed E-state index contributed by atoms with van der Waals surface area (Å²) >= 11 is 0. The van der Waals surface area contributed by atoms with Gasteiger partial charge in [-0.05, 0) is 50.1 Å². The van der Waals surface area contributed by atoms with Gasteiger partial charge in [-0.1, -0.05) is 6.92 Å². The van der Waals surface area contributed by atoms with E-state index in [0.29, 0.717) is 26.1 Å². The maximum Gasteiger partial charge on any atom is 0.305 e. The Kier molecular flexibility index (Phi) is 8.59. The molecule has 2 rings (SSSR count). The Labute approximate surface area is 167 Å². The minimum atomic E-state index is -0.187. The first kappa shape index (κ1) is 21.5. The first-order valence-electron chi connectivity index (χ1n) is 9.71. The van der Waals surface area contributed by atoms with Crippen molar-refractivity contribution >= 4 is 11.7 Å². The summed E-state index contributed by atoms with van der Waals surface area (Å²) in [6.45, 7) is 4.78. The van der Waals surface area contributed by atoms with E-state index in [0.717, 1.165) is 29.2 Å². The smallest absolute Gasteiger partial charge is 0.305 e. The molecule has 6 heteroatoms. The second-order valence-electron chi connectivity index (χ2n) is 6.57. The highest BCUT2D eigenvalue weighted by molar-refractivity contribution is 5.69. The van der Waals surface area contributed by atoms with Crippen LogP contribution in [0.3, 0.4) is 0 Å². The SMILES string of the molecule is CCOC(=O)CCCOc1ccc(OC(CC)c2cnccc2N(C)C)cc1. The van der Waals surface area contributed by atoms with Gasteiger partial charge in [0.25, 0.3) is 0 Å². The van der Waals surface area contributed by atoms with E-state index in [4.69, 9.17) is 14.2 Å². The van der Waals surface area contributed by atoms with Gasteiger partial charge in [0.2, 0.25) is 0 Å². The number of hydrogen-bond acceptors (Lipinski definition) is 6. The summed E-state index contributed by atoms with van der Waals surface area (Å²) in [6.07, 6.45) is 5.40. The first-order valence-corrected chi connectivity index (χ1v) is 9.71. The van der Waals surface area contributed by atoms with Gasteiger partial charge in [0.15, 0.2) is 0 Å². The van der Waals surface area contributed by atoms with Gasteiger partial charge in [-0.15, -0.1) is 0 Å².